The molecule has 8 heteroatoms. The summed E-state index contributed by atoms with van der Waals surface area (Å²) in [5.74, 6) is -2.57. The summed E-state index contributed by atoms with van der Waals surface area (Å²) >= 11 is 0. The smallest absolute Gasteiger partial charge is 0.339 e. The Hall–Kier alpha value is -3.68. The molecule has 158 valence electrons. The fraction of sp³-hybridized carbons (Fsp3) is 0.273. The van der Waals surface area contributed by atoms with E-state index in [-0.39, 0.29) is 23.2 Å². The first-order valence-corrected chi connectivity index (χ1v) is 9.07. The van der Waals surface area contributed by atoms with Crippen molar-refractivity contribution in [2.45, 2.75) is 20.3 Å². The number of methoxy groups -OCH3 is 2. The highest BCUT2D eigenvalue weighted by Gasteiger charge is 2.18. The summed E-state index contributed by atoms with van der Waals surface area (Å²) in [7, 11) is 2.40. The highest BCUT2D eigenvalue weighted by molar-refractivity contribution is 6.04. The summed E-state index contributed by atoms with van der Waals surface area (Å²) in [5, 5.41) is 2.46. The Morgan fingerprint density at radius 1 is 0.867 bits per heavy atom. The van der Waals surface area contributed by atoms with Crippen molar-refractivity contribution in [1.82, 2.24) is 0 Å². The lowest BCUT2D eigenvalue weighted by Gasteiger charge is -2.12. The van der Waals surface area contributed by atoms with E-state index in [4.69, 9.17) is 4.74 Å². The Bertz CT molecular complexity index is 981. The molecule has 0 aliphatic rings. The molecule has 1 amide bonds. The molecule has 0 spiro atoms. The first kappa shape index (κ1) is 22.6. The first-order valence-electron chi connectivity index (χ1n) is 9.07. The Morgan fingerprint density at radius 2 is 1.57 bits per heavy atom. The second-order valence-electron chi connectivity index (χ2n) is 6.55. The quantitative estimate of drug-likeness (QED) is 0.549. The number of ether oxygens (including phenoxy) is 3. The summed E-state index contributed by atoms with van der Waals surface area (Å²) in [4.78, 5) is 47.9. The van der Waals surface area contributed by atoms with Gasteiger partial charge < -0.3 is 19.5 Å². The van der Waals surface area contributed by atoms with E-state index >= 15 is 0 Å². The van der Waals surface area contributed by atoms with Crippen molar-refractivity contribution in [3.05, 3.63) is 64.2 Å². The number of hydrogen-bond acceptors (Lipinski definition) is 7. The van der Waals surface area contributed by atoms with Crippen LogP contribution in [-0.2, 0) is 30.2 Å². The van der Waals surface area contributed by atoms with Gasteiger partial charge in [0.25, 0.3) is 5.91 Å². The van der Waals surface area contributed by atoms with Gasteiger partial charge in [-0.15, -0.1) is 0 Å². The molecule has 1 N–H and O–H groups in total. The van der Waals surface area contributed by atoms with Crippen molar-refractivity contribution in [2.24, 2.45) is 0 Å². The molecule has 0 aliphatic carbocycles. The van der Waals surface area contributed by atoms with E-state index in [9.17, 15) is 19.2 Å². The molecule has 0 fully saturated rings. The van der Waals surface area contributed by atoms with Gasteiger partial charge in [0.1, 0.15) is 0 Å². The lowest BCUT2D eigenvalue weighted by molar-refractivity contribution is -0.146. The molecule has 0 aliphatic heterocycles. The average molecular weight is 413 g/mol. The van der Waals surface area contributed by atoms with Crippen molar-refractivity contribution in [3.8, 4) is 0 Å². The fourth-order valence-corrected chi connectivity index (χ4v) is 2.64. The maximum absolute atomic E-state index is 12.2. The number of carbonyl (C=O) groups is 4. The molecule has 0 radical (unpaired) electrons. The molecule has 0 unspecified atom stereocenters. The van der Waals surface area contributed by atoms with Gasteiger partial charge in [0, 0.05) is 0 Å². The maximum Gasteiger partial charge on any atom is 0.339 e. The number of nitrogens with one attached hydrogen (secondary N) is 1. The summed E-state index contributed by atoms with van der Waals surface area (Å²) in [6.07, 6.45) is 0.0274. The molecular weight excluding hydrogens is 390 g/mol. The summed E-state index contributed by atoms with van der Waals surface area (Å²) in [5.41, 5.74) is 3.16. The largest absolute Gasteiger partial charge is 0.465 e. The van der Waals surface area contributed by atoms with E-state index < -0.39 is 30.4 Å². The third-order valence-corrected chi connectivity index (χ3v) is 4.40. The Balaban J connectivity index is 2.03. The van der Waals surface area contributed by atoms with Gasteiger partial charge in [-0.3, -0.25) is 9.59 Å². The van der Waals surface area contributed by atoms with Gasteiger partial charge in [-0.05, 0) is 48.7 Å². The predicted molar refractivity (Wildman–Crippen MR) is 108 cm³/mol. The van der Waals surface area contributed by atoms with Gasteiger partial charge in [0.15, 0.2) is 6.61 Å². The first-order chi connectivity index (χ1) is 14.2. The molecule has 0 aromatic heterocycles. The summed E-state index contributed by atoms with van der Waals surface area (Å²) in [6, 6.07) is 9.61. The van der Waals surface area contributed by atoms with Crippen LogP contribution in [0.4, 0.5) is 5.69 Å². The van der Waals surface area contributed by atoms with Crippen LogP contribution in [0.2, 0.25) is 0 Å². The van der Waals surface area contributed by atoms with Gasteiger partial charge >= 0.3 is 17.9 Å². The SMILES string of the molecule is COC(=O)c1ccc(C(=O)OC)c(NC(=O)COC(=O)Cc2ccc(C)c(C)c2)c1. The lowest BCUT2D eigenvalue weighted by atomic mass is 10.0. The van der Waals surface area contributed by atoms with Crippen molar-refractivity contribution >= 4 is 29.5 Å². The summed E-state index contributed by atoms with van der Waals surface area (Å²) in [6.45, 7) is 3.37. The van der Waals surface area contributed by atoms with E-state index in [1.165, 1.54) is 32.4 Å². The van der Waals surface area contributed by atoms with Gasteiger partial charge in [-0.25, -0.2) is 9.59 Å². The molecular formula is C22H23NO7. The number of aryl methyl sites for hydroxylation is 2. The van der Waals surface area contributed by atoms with E-state index in [0.29, 0.717) is 0 Å². The molecule has 2 aromatic rings. The minimum absolute atomic E-state index is 0.0274. The van der Waals surface area contributed by atoms with Crippen LogP contribution in [0.1, 0.15) is 37.4 Å². The molecule has 0 bridgehead atoms. The third-order valence-electron chi connectivity index (χ3n) is 4.40. The van der Waals surface area contributed by atoms with E-state index in [0.717, 1.165) is 16.7 Å². The van der Waals surface area contributed by atoms with Crippen LogP contribution in [0, 0.1) is 13.8 Å². The number of hydrogen-bond donors (Lipinski definition) is 1. The van der Waals surface area contributed by atoms with Crippen LogP contribution in [0.15, 0.2) is 36.4 Å². The molecule has 8 nitrogen and oxygen atoms in total. The fourth-order valence-electron chi connectivity index (χ4n) is 2.64. The van der Waals surface area contributed by atoms with Crippen molar-refractivity contribution < 1.29 is 33.4 Å². The second kappa shape index (κ2) is 10.2. The summed E-state index contributed by atoms with van der Waals surface area (Å²) < 4.78 is 14.3. The lowest BCUT2D eigenvalue weighted by Crippen LogP contribution is -2.23. The minimum atomic E-state index is -0.701. The van der Waals surface area contributed by atoms with Crippen LogP contribution in [-0.4, -0.2) is 44.6 Å². The zero-order valence-electron chi connectivity index (χ0n) is 17.2. The number of rotatable bonds is 7. The molecule has 2 aromatic carbocycles. The Labute approximate surface area is 174 Å². The van der Waals surface area contributed by atoms with Crippen LogP contribution >= 0.6 is 0 Å². The molecule has 0 heterocycles. The maximum atomic E-state index is 12.2. The van der Waals surface area contributed by atoms with E-state index in [1.54, 1.807) is 0 Å². The topological polar surface area (TPSA) is 108 Å². The van der Waals surface area contributed by atoms with Gasteiger partial charge in [0.05, 0.1) is 37.5 Å². The predicted octanol–water partition coefficient (Wildman–Crippen LogP) is 2.60. The highest BCUT2D eigenvalue weighted by atomic mass is 16.5. The molecule has 30 heavy (non-hydrogen) atoms. The zero-order chi connectivity index (χ0) is 22.3. The third kappa shape index (κ3) is 5.91. The zero-order valence-corrected chi connectivity index (χ0v) is 17.2. The number of esters is 3. The normalized spacial score (nSPS) is 10.1. The van der Waals surface area contributed by atoms with Crippen LogP contribution in [0.3, 0.4) is 0 Å². The number of anilines is 1. The van der Waals surface area contributed by atoms with Crippen LogP contribution < -0.4 is 5.32 Å². The molecule has 0 saturated heterocycles. The molecule has 2 rings (SSSR count). The van der Waals surface area contributed by atoms with Gasteiger partial charge in [0.2, 0.25) is 0 Å². The van der Waals surface area contributed by atoms with Gasteiger partial charge in [-0.2, -0.15) is 0 Å². The van der Waals surface area contributed by atoms with Crippen molar-refractivity contribution in [3.63, 3.8) is 0 Å². The highest BCUT2D eigenvalue weighted by Crippen LogP contribution is 2.20. The molecule has 0 atom stereocenters. The van der Waals surface area contributed by atoms with Crippen LogP contribution in [0.25, 0.3) is 0 Å². The van der Waals surface area contributed by atoms with E-state index in [2.05, 4.69) is 14.8 Å². The molecule has 0 saturated carbocycles. The second-order valence-corrected chi connectivity index (χ2v) is 6.55. The monoisotopic (exact) mass is 413 g/mol. The number of carbonyl (C=O) groups excluding carboxylic acids is 4. The number of benzene rings is 2. The van der Waals surface area contributed by atoms with Crippen molar-refractivity contribution in [2.75, 3.05) is 26.1 Å². The average Bonchev–Trinajstić information content (AvgIpc) is 2.73. The number of amides is 1. The van der Waals surface area contributed by atoms with E-state index in [1.807, 2.05) is 32.0 Å². The van der Waals surface area contributed by atoms with Crippen molar-refractivity contribution in [1.29, 1.82) is 0 Å². The van der Waals surface area contributed by atoms with Crippen LogP contribution in [0.5, 0.6) is 0 Å². The Kier molecular flexibility index (Phi) is 7.69. The van der Waals surface area contributed by atoms with Gasteiger partial charge in [-0.1, -0.05) is 18.2 Å². The standard InChI is InChI=1S/C22H23NO7/c1-13-5-6-15(9-14(13)2)10-20(25)30-12-19(24)23-18-11-16(21(26)28-3)7-8-17(18)22(27)29-4/h5-9,11H,10,12H2,1-4H3,(H,23,24). The Morgan fingerprint density at radius 3 is 2.20 bits per heavy atom. The minimum Gasteiger partial charge on any atom is -0.465 e.